The van der Waals surface area contributed by atoms with Gasteiger partial charge in [0.25, 0.3) is 0 Å². The van der Waals surface area contributed by atoms with Gasteiger partial charge in [0.05, 0.1) is 0 Å². The SMILES string of the molecule is C[C@H]1CCCCN1CCNC(=O)CCc1ccsc1. The molecular weight excluding hydrogens is 256 g/mol. The predicted molar refractivity (Wildman–Crippen MR) is 80.5 cm³/mol. The van der Waals surface area contributed by atoms with Gasteiger partial charge >= 0.3 is 0 Å². The molecule has 0 aliphatic carbocycles. The first-order valence-electron chi connectivity index (χ1n) is 7.27. The van der Waals surface area contributed by atoms with E-state index in [-0.39, 0.29) is 5.91 Å². The Hall–Kier alpha value is -0.870. The molecule has 19 heavy (non-hydrogen) atoms. The molecule has 1 saturated heterocycles. The highest BCUT2D eigenvalue weighted by molar-refractivity contribution is 7.07. The number of nitrogens with zero attached hydrogens (tertiary/aromatic N) is 1. The number of hydrogen-bond donors (Lipinski definition) is 1. The van der Waals surface area contributed by atoms with Gasteiger partial charge in [0.2, 0.25) is 5.91 Å². The number of likely N-dealkylation sites (tertiary alicyclic amines) is 1. The van der Waals surface area contributed by atoms with Gasteiger partial charge in [0.1, 0.15) is 0 Å². The Balaban J connectivity index is 1.58. The van der Waals surface area contributed by atoms with Crippen molar-refractivity contribution in [2.45, 2.75) is 45.1 Å². The quantitative estimate of drug-likeness (QED) is 0.869. The third-order valence-corrected chi connectivity index (χ3v) is 4.61. The van der Waals surface area contributed by atoms with Crippen molar-refractivity contribution < 1.29 is 4.79 Å². The first-order valence-corrected chi connectivity index (χ1v) is 8.22. The molecule has 1 amide bonds. The molecule has 1 atom stereocenters. The Kier molecular flexibility index (Phi) is 5.86. The Bertz CT molecular complexity index is 378. The van der Waals surface area contributed by atoms with Crippen LogP contribution in [-0.2, 0) is 11.2 Å². The molecule has 4 heteroatoms. The van der Waals surface area contributed by atoms with Gasteiger partial charge in [-0.25, -0.2) is 0 Å². The van der Waals surface area contributed by atoms with E-state index in [0.29, 0.717) is 12.5 Å². The van der Waals surface area contributed by atoms with E-state index in [1.54, 1.807) is 11.3 Å². The number of rotatable bonds is 6. The average molecular weight is 280 g/mol. The van der Waals surface area contributed by atoms with Crippen LogP contribution in [0.25, 0.3) is 0 Å². The fourth-order valence-corrected chi connectivity index (χ4v) is 3.31. The molecule has 0 radical (unpaired) electrons. The molecule has 2 heterocycles. The third kappa shape index (κ3) is 4.96. The maximum atomic E-state index is 11.7. The first kappa shape index (κ1) is 14.5. The van der Waals surface area contributed by atoms with Crippen molar-refractivity contribution in [1.29, 1.82) is 0 Å². The van der Waals surface area contributed by atoms with E-state index < -0.39 is 0 Å². The fourth-order valence-electron chi connectivity index (χ4n) is 2.61. The minimum Gasteiger partial charge on any atom is -0.355 e. The number of hydrogen-bond acceptors (Lipinski definition) is 3. The van der Waals surface area contributed by atoms with Crippen molar-refractivity contribution in [3.63, 3.8) is 0 Å². The van der Waals surface area contributed by atoms with E-state index in [1.165, 1.54) is 31.4 Å². The van der Waals surface area contributed by atoms with Crippen molar-refractivity contribution in [1.82, 2.24) is 10.2 Å². The van der Waals surface area contributed by atoms with Gasteiger partial charge in [0, 0.05) is 25.6 Å². The minimum absolute atomic E-state index is 0.177. The summed E-state index contributed by atoms with van der Waals surface area (Å²) in [7, 11) is 0. The Morgan fingerprint density at radius 1 is 1.53 bits per heavy atom. The second kappa shape index (κ2) is 7.65. The maximum Gasteiger partial charge on any atom is 0.220 e. The van der Waals surface area contributed by atoms with E-state index >= 15 is 0 Å². The zero-order valence-corrected chi connectivity index (χ0v) is 12.5. The number of piperidine rings is 1. The summed E-state index contributed by atoms with van der Waals surface area (Å²) in [6.07, 6.45) is 5.41. The van der Waals surface area contributed by atoms with Gasteiger partial charge in [-0.3, -0.25) is 9.69 Å². The standard InChI is InChI=1S/C15H24N2OS/c1-13-4-2-3-9-17(13)10-8-16-15(18)6-5-14-7-11-19-12-14/h7,11-13H,2-6,8-10H2,1H3,(H,16,18)/t13-/m0/s1. The normalized spacial score (nSPS) is 20.4. The van der Waals surface area contributed by atoms with Crippen LogP contribution in [0.15, 0.2) is 16.8 Å². The lowest BCUT2D eigenvalue weighted by atomic mass is 10.0. The van der Waals surface area contributed by atoms with Gasteiger partial charge in [-0.15, -0.1) is 0 Å². The van der Waals surface area contributed by atoms with Crippen molar-refractivity contribution in [2.75, 3.05) is 19.6 Å². The molecule has 0 unspecified atom stereocenters. The van der Waals surface area contributed by atoms with Gasteiger partial charge in [0.15, 0.2) is 0 Å². The summed E-state index contributed by atoms with van der Waals surface area (Å²) >= 11 is 1.69. The summed E-state index contributed by atoms with van der Waals surface area (Å²) < 4.78 is 0. The average Bonchev–Trinajstić information content (AvgIpc) is 2.92. The second-order valence-corrected chi connectivity index (χ2v) is 6.14. The number of thiophene rings is 1. The number of nitrogens with one attached hydrogen (secondary N) is 1. The molecule has 1 aliphatic heterocycles. The van der Waals surface area contributed by atoms with Crippen LogP contribution in [0.2, 0.25) is 0 Å². The van der Waals surface area contributed by atoms with Crippen LogP contribution in [0.5, 0.6) is 0 Å². The molecule has 1 fully saturated rings. The van der Waals surface area contributed by atoms with Crippen LogP contribution in [0.1, 0.15) is 38.2 Å². The Morgan fingerprint density at radius 2 is 2.42 bits per heavy atom. The smallest absolute Gasteiger partial charge is 0.220 e. The molecule has 3 nitrogen and oxygen atoms in total. The van der Waals surface area contributed by atoms with Crippen LogP contribution >= 0.6 is 11.3 Å². The van der Waals surface area contributed by atoms with Crippen molar-refractivity contribution >= 4 is 17.2 Å². The van der Waals surface area contributed by atoms with E-state index in [1.807, 2.05) is 0 Å². The van der Waals surface area contributed by atoms with Crippen molar-refractivity contribution in [2.24, 2.45) is 0 Å². The Morgan fingerprint density at radius 3 is 3.16 bits per heavy atom. The van der Waals surface area contributed by atoms with Crippen LogP contribution in [0, 0.1) is 0 Å². The minimum atomic E-state index is 0.177. The predicted octanol–water partition coefficient (Wildman–Crippen LogP) is 2.67. The fraction of sp³-hybridized carbons (Fsp3) is 0.667. The van der Waals surface area contributed by atoms with Gasteiger partial charge in [-0.2, -0.15) is 11.3 Å². The summed E-state index contributed by atoms with van der Waals surface area (Å²) in [6.45, 7) is 5.25. The summed E-state index contributed by atoms with van der Waals surface area (Å²) in [5.41, 5.74) is 1.27. The summed E-state index contributed by atoms with van der Waals surface area (Å²) in [5, 5.41) is 7.21. The lowest BCUT2D eigenvalue weighted by Crippen LogP contribution is -2.42. The number of carbonyl (C=O) groups excluding carboxylic acids is 1. The van der Waals surface area contributed by atoms with Crippen molar-refractivity contribution in [3.8, 4) is 0 Å². The van der Waals surface area contributed by atoms with Crippen LogP contribution in [0.4, 0.5) is 0 Å². The molecule has 0 bridgehead atoms. The number of amides is 1. The lowest BCUT2D eigenvalue weighted by Gasteiger charge is -2.33. The lowest BCUT2D eigenvalue weighted by molar-refractivity contribution is -0.121. The van der Waals surface area contributed by atoms with Crippen LogP contribution in [0.3, 0.4) is 0 Å². The van der Waals surface area contributed by atoms with Crippen LogP contribution < -0.4 is 5.32 Å². The van der Waals surface area contributed by atoms with E-state index in [4.69, 9.17) is 0 Å². The van der Waals surface area contributed by atoms with E-state index in [2.05, 4.69) is 34.0 Å². The largest absolute Gasteiger partial charge is 0.355 e. The van der Waals surface area contributed by atoms with Gasteiger partial charge in [-0.1, -0.05) is 6.42 Å². The maximum absolute atomic E-state index is 11.7. The zero-order valence-electron chi connectivity index (χ0n) is 11.7. The number of aryl methyl sites for hydroxylation is 1. The Labute approximate surface area is 120 Å². The molecule has 0 aromatic carbocycles. The highest BCUT2D eigenvalue weighted by atomic mass is 32.1. The molecule has 0 spiro atoms. The van der Waals surface area contributed by atoms with Crippen molar-refractivity contribution in [3.05, 3.63) is 22.4 Å². The molecule has 1 aromatic rings. The van der Waals surface area contributed by atoms with Crippen LogP contribution in [-0.4, -0.2) is 36.5 Å². The van der Waals surface area contributed by atoms with E-state index in [0.717, 1.165) is 19.5 Å². The molecule has 106 valence electrons. The molecular formula is C15H24N2OS. The molecule has 1 aliphatic rings. The second-order valence-electron chi connectivity index (χ2n) is 5.36. The third-order valence-electron chi connectivity index (χ3n) is 3.88. The van der Waals surface area contributed by atoms with E-state index in [9.17, 15) is 4.79 Å². The molecule has 2 rings (SSSR count). The topological polar surface area (TPSA) is 32.3 Å². The molecule has 1 aromatic heterocycles. The zero-order chi connectivity index (χ0) is 13.5. The first-order chi connectivity index (χ1) is 9.25. The summed E-state index contributed by atoms with van der Waals surface area (Å²) in [6, 6.07) is 2.77. The monoisotopic (exact) mass is 280 g/mol. The van der Waals surface area contributed by atoms with Gasteiger partial charge in [-0.05, 0) is 55.1 Å². The highest BCUT2D eigenvalue weighted by Gasteiger charge is 2.17. The van der Waals surface area contributed by atoms with Gasteiger partial charge < -0.3 is 5.32 Å². The summed E-state index contributed by atoms with van der Waals surface area (Å²) in [4.78, 5) is 14.2. The molecule has 1 N–H and O–H groups in total. The number of carbonyl (C=O) groups is 1. The molecule has 0 saturated carbocycles. The highest BCUT2D eigenvalue weighted by Crippen LogP contribution is 2.15. The summed E-state index contributed by atoms with van der Waals surface area (Å²) in [5.74, 6) is 0.177.